The van der Waals surface area contributed by atoms with Crippen molar-refractivity contribution < 1.29 is 0 Å². The summed E-state index contributed by atoms with van der Waals surface area (Å²) in [7, 11) is 0. The molecule has 2 fully saturated rings. The molecule has 1 atom stereocenters. The molecule has 1 aliphatic heterocycles. The topological polar surface area (TPSA) is 3.24 Å². The highest BCUT2D eigenvalue weighted by atomic mass is 32.2. The second-order valence-electron chi connectivity index (χ2n) is 8.81. The van der Waals surface area contributed by atoms with Gasteiger partial charge in [0.25, 0.3) is 0 Å². The Morgan fingerprint density at radius 1 is 0.885 bits per heavy atom. The van der Waals surface area contributed by atoms with Crippen molar-refractivity contribution in [2.75, 3.05) is 6.54 Å². The van der Waals surface area contributed by atoms with Crippen molar-refractivity contribution >= 4 is 11.8 Å². The molecule has 2 aliphatic rings. The number of hydrogen-bond donors (Lipinski definition) is 0. The molecular weight excluding hydrogens is 334 g/mol. The maximum atomic E-state index is 2.85. The van der Waals surface area contributed by atoms with E-state index in [0.29, 0.717) is 16.2 Å². The second-order valence-corrected chi connectivity index (χ2v) is 9.98. The summed E-state index contributed by atoms with van der Waals surface area (Å²) in [6, 6.07) is 22.1. The number of thioether (sulfide) groups is 1. The van der Waals surface area contributed by atoms with Crippen LogP contribution in [0.1, 0.15) is 51.5 Å². The number of rotatable bonds is 4. The minimum atomic E-state index is 0.326. The van der Waals surface area contributed by atoms with E-state index in [1.165, 1.54) is 49.1 Å². The molecule has 1 unspecified atom stereocenters. The predicted molar refractivity (Wildman–Crippen MR) is 113 cm³/mol. The first-order chi connectivity index (χ1) is 12.6. The van der Waals surface area contributed by atoms with Crippen LogP contribution in [0.5, 0.6) is 0 Å². The lowest BCUT2D eigenvalue weighted by Gasteiger charge is -2.46. The van der Waals surface area contributed by atoms with E-state index in [1.807, 2.05) is 0 Å². The molecule has 0 radical (unpaired) electrons. The maximum absolute atomic E-state index is 2.85. The zero-order chi connectivity index (χ0) is 18.0. The van der Waals surface area contributed by atoms with Gasteiger partial charge in [-0.1, -0.05) is 81.6 Å². The Balaban J connectivity index is 1.66. The first-order valence-electron chi connectivity index (χ1n) is 10.1. The van der Waals surface area contributed by atoms with E-state index >= 15 is 0 Å². The smallest absolute Gasteiger partial charge is 0.0342 e. The van der Waals surface area contributed by atoms with Crippen LogP contribution < -0.4 is 0 Å². The SMILES string of the molecule is CC1(C)CN(Cc2ccccc2)C2(CCCCC2)C1Sc1ccccc1. The van der Waals surface area contributed by atoms with E-state index in [2.05, 4.69) is 91.2 Å². The Kier molecular flexibility index (Phi) is 5.16. The first-order valence-corrected chi connectivity index (χ1v) is 11.0. The molecule has 2 heteroatoms. The zero-order valence-corrected chi connectivity index (χ0v) is 17.0. The van der Waals surface area contributed by atoms with Crippen molar-refractivity contribution in [3.63, 3.8) is 0 Å². The summed E-state index contributed by atoms with van der Waals surface area (Å²) >= 11 is 2.14. The summed E-state index contributed by atoms with van der Waals surface area (Å²) in [5.41, 5.74) is 2.13. The molecule has 1 nitrogen and oxygen atoms in total. The average Bonchev–Trinajstić information content (AvgIpc) is 2.85. The molecule has 1 saturated heterocycles. The highest BCUT2D eigenvalue weighted by molar-refractivity contribution is 8.00. The van der Waals surface area contributed by atoms with Crippen LogP contribution in [0.2, 0.25) is 0 Å². The Morgan fingerprint density at radius 2 is 1.50 bits per heavy atom. The number of likely N-dealkylation sites (tertiary alicyclic amines) is 1. The van der Waals surface area contributed by atoms with Crippen LogP contribution in [0.15, 0.2) is 65.6 Å². The lowest BCUT2D eigenvalue weighted by atomic mass is 9.74. The van der Waals surface area contributed by atoms with Gasteiger partial charge in [0.05, 0.1) is 0 Å². The predicted octanol–water partition coefficient (Wildman–Crippen LogP) is 6.39. The van der Waals surface area contributed by atoms with Gasteiger partial charge in [-0.3, -0.25) is 4.90 Å². The van der Waals surface area contributed by atoms with Crippen LogP contribution in [-0.2, 0) is 6.54 Å². The summed E-state index contributed by atoms with van der Waals surface area (Å²) in [5.74, 6) is 0. The molecule has 2 aromatic rings. The molecule has 0 amide bonds. The fourth-order valence-corrected chi connectivity index (χ4v) is 6.87. The van der Waals surface area contributed by atoms with E-state index in [0.717, 1.165) is 6.54 Å². The van der Waals surface area contributed by atoms with E-state index in [-0.39, 0.29) is 0 Å². The maximum Gasteiger partial charge on any atom is 0.0342 e. The minimum Gasteiger partial charge on any atom is -0.292 e. The lowest BCUT2D eigenvalue weighted by molar-refractivity contribution is 0.0893. The molecule has 0 bridgehead atoms. The molecule has 138 valence electrons. The Hall–Kier alpha value is -1.25. The molecule has 1 heterocycles. The third kappa shape index (κ3) is 3.46. The van der Waals surface area contributed by atoms with Crippen LogP contribution in [-0.4, -0.2) is 22.2 Å². The third-order valence-electron chi connectivity index (χ3n) is 6.36. The van der Waals surface area contributed by atoms with Crippen molar-refractivity contribution in [1.29, 1.82) is 0 Å². The van der Waals surface area contributed by atoms with E-state index in [9.17, 15) is 0 Å². The summed E-state index contributed by atoms with van der Waals surface area (Å²) in [5, 5.41) is 0.654. The van der Waals surface area contributed by atoms with Gasteiger partial charge in [0.1, 0.15) is 0 Å². The normalized spacial score (nSPS) is 24.8. The molecule has 1 aliphatic carbocycles. The van der Waals surface area contributed by atoms with Crippen LogP contribution in [0, 0.1) is 5.41 Å². The molecule has 2 aromatic carbocycles. The lowest BCUT2D eigenvalue weighted by Crippen LogP contribution is -2.51. The van der Waals surface area contributed by atoms with Crippen molar-refractivity contribution in [3.05, 3.63) is 66.2 Å². The van der Waals surface area contributed by atoms with Crippen LogP contribution in [0.25, 0.3) is 0 Å². The van der Waals surface area contributed by atoms with Gasteiger partial charge in [0.15, 0.2) is 0 Å². The van der Waals surface area contributed by atoms with Gasteiger partial charge in [-0.05, 0) is 36.0 Å². The number of nitrogens with zero attached hydrogens (tertiary/aromatic N) is 1. The molecule has 1 spiro atoms. The summed E-state index contributed by atoms with van der Waals surface area (Å²) < 4.78 is 0. The summed E-state index contributed by atoms with van der Waals surface area (Å²) in [6.45, 7) is 7.28. The summed E-state index contributed by atoms with van der Waals surface area (Å²) in [6.07, 6.45) is 6.88. The highest BCUT2D eigenvalue weighted by Gasteiger charge is 2.57. The molecule has 0 N–H and O–H groups in total. The first kappa shape index (κ1) is 18.1. The fraction of sp³-hybridized carbons (Fsp3) is 0.500. The molecular formula is C24H31NS. The van der Waals surface area contributed by atoms with Crippen molar-refractivity contribution in [2.45, 2.75) is 68.2 Å². The quantitative estimate of drug-likeness (QED) is 0.617. The highest BCUT2D eigenvalue weighted by Crippen LogP contribution is 2.56. The largest absolute Gasteiger partial charge is 0.292 e. The van der Waals surface area contributed by atoms with Gasteiger partial charge in [0, 0.05) is 28.8 Å². The van der Waals surface area contributed by atoms with Gasteiger partial charge in [-0.2, -0.15) is 0 Å². The standard InChI is InChI=1S/C24H31NS/c1-23(2)19-25(18-20-12-6-3-7-13-20)24(16-10-5-11-17-24)22(23)26-21-14-8-4-9-15-21/h3-4,6-9,12-15,22H,5,10-11,16-19H2,1-2H3. The zero-order valence-electron chi connectivity index (χ0n) is 16.2. The van der Waals surface area contributed by atoms with Crippen LogP contribution >= 0.6 is 11.8 Å². The molecule has 1 saturated carbocycles. The number of benzene rings is 2. The minimum absolute atomic E-state index is 0.326. The second kappa shape index (κ2) is 7.40. The Labute approximate surface area is 163 Å². The number of hydrogen-bond acceptors (Lipinski definition) is 2. The van der Waals surface area contributed by atoms with Gasteiger partial charge in [0.2, 0.25) is 0 Å². The molecule has 0 aromatic heterocycles. The van der Waals surface area contributed by atoms with Gasteiger partial charge in [-0.25, -0.2) is 0 Å². The average molecular weight is 366 g/mol. The Bertz CT molecular complexity index is 704. The summed E-state index contributed by atoms with van der Waals surface area (Å²) in [4.78, 5) is 4.28. The van der Waals surface area contributed by atoms with Crippen molar-refractivity contribution in [3.8, 4) is 0 Å². The molecule has 4 rings (SSSR count). The van der Waals surface area contributed by atoms with Crippen LogP contribution in [0.3, 0.4) is 0 Å². The van der Waals surface area contributed by atoms with E-state index in [4.69, 9.17) is 0 Å². The van der Waals surface area contributed by atoms with Crippen LogP contribution in [0.4, 0.5) is 0 Å². The van der Waals surface area contributed by atoms with Crippen molar-refractivity contribution in [2.24, 2.45) is 5.41 Å². The molecule has 26 heavy (non-hydrogen) atoms. The third-order valence-corrected chi connectivity index (χ3v) is 8.22. The van der Waals surface area contributed by atoms with E-state index < -0.39 is 0 Å². The van der Waals surface area contributed by atoms with E-state index in [1.54, 1.807) is 0 Å². The monoisotopic (exact) mass is 365 g/mol. The van der Waals surface area contributed by atoms with Gasteiger partial charge < -0.3 is 0 Å². The Morgan fingerprint density at radius 3 is 2.15 bits per heavy atom. The van der Waals surface area contributed by atoms with Crippen molar-refractivity contribution in [1.82, 2.24) is 4.90 Å². The van der Waals surface area contributed by atoms with Gasteiger partial charge in [-0.15, -0.1) is 11.8 Å². The van der Waals surface area contributed by atoms with Gasteiger partial charge >= 0.3 is 0 Å². The fourth-order valence-electron chi connectivity index (χ4n) is 5.29.